The van der Waals surface area contributed by atoms with Crippen LogP contribution in [0, 0.1) is 30.0 Å². The molecular formula is C28H31FN6O2. The maximum absolute atomic E-state index is 15.3. The fourth-order valence-electron chi connectivity index (χ4n) is 4.08. The molecule has 8 nitrogen and oxygen atoms in total. The Morgan fingerprint density at radius 1 is 1.16 bits per heavy atom. The van der Waals surface area contributed by atoms with E-state index in [1.807, 2.05) is 12.1 Å². The minimum absolute atomic E-state index is 0. The average molecular weight is 503 g/mol. The third-order valence-electron chi connectivity index (χ3n) is 6.45. The van der Waals surface area contributed by atoms with Crippen LogP contribution >= 0.6 is 0 Å². The number of aromatic nitrogens is 4. The van der Waals surface area contributed by atoms with Gasteiger partial charge >= 0.3 is 0 Å². The van der Waals surface area contributed by atoms with E-state index in [1.165, 1.54) is 24.0 Å². The van der Waals surface area contributed by atoms with Crippen LogP contribution in [0.15, 0.2) is 53.3 Å². The molecule has 0 amide bonds. The number of halogens is 1. The van der Waals surface area contributed by atoms with Crippen LogP contribution in [0.25, 0.3) is 34.0 Å². The van der Waals surface area contributed by atoms with E-state index in [2.05, 4.69) is 43.6 Å². The van der Waals surface area contributed by atoms with Crippen LogP contribution < -0.4 is 5.32 Å². The molecule has 0 bridgehead atoms. The van der Waals surface area contributed by atoms with E-state index >= 15 is 4.39 Å². The van der Waals surface area contributed by atoms with E-state index < -0.39 is 11.2 Å². The van der Waals surface area contributed by atoms with Gasteiger partial charge in [0.05, 0.1) is 48.0 Å². The summed E-state index contributed by atoms with van der Waals surface area (Å²) in [6.45, 7) is 8.47. The average Bonchev–Trinajstić information content (AvgIpc) is 3.36. The normalized spacial score (nSPS) is 13.8. The Bertz CT molecular complexity index is 1470. The van der Waals surface area contributed by atoms with Crippen LogP contribution in [-0.4, -0.2) is 39.9 Å². The van der Waals surface area contributed by atoms with Crippen molar-refractivity contribution in [3.05, 3.63) is 71.6 Å². The quantitative estimate of drug-likeness (QED) is 0.344. The van der Waals surface area contributed by atoms with Gasteiger partial charge in [-0.05, 0) is 32.4 Å². The van der Waals surface area contributed by atoms with Gasteiger partial charge < -0.3 is 14.6 Å². The number of nitrogens with one attached hydrogen (secondary N) is 1. The molecule has 0 aliphatic carbocycles. The molecule has 1 aliphatic heterocycles. The fraction of sp³-hybridized carbons (Fsp3) is 0.321. The fourth-order valence-corrected chi connectivity index (χ4v) is 4.08. The molecule has 0 unspecified atom stereocenters. The molecule has 0 atom stereocenters. The highest BCUT2D eigenvalue weighted by atomic mass is 19.1. The summed E-state index contributed by atoms with van der Waals surface area (Å²) >= 11 is 0. The Hall–Kier alpha value is -4.00. The van der Waals surface area contributed by atoms with Gasteiger partial charge in [0.15, 0.2) is 11.6 Å². The first-order valence-electron chi connectivity index (χ1n) is 12.1. The molecule has 4 aromatic rings. The third-order valence-corrected chi connectivity index (χ3v) is 6.45. The standard InChI is InChI=1S/C28H27FN6O2.2H2/c1-17-26(34-23(13-33-17)21-8-9-32-27(25(21)29)28(2,3)16-30)24-10-22(35-37-24)20-6-4-18(5-7-20)11-31-12-19-14-36-15-19;;/h4-10,13,19,31H,11-12,14-15H2,1-3H3;2*1H. The van der Waals surface area contributed by atoms with Gasteiger partial charge in [-0.25, -0.2) is 9.37 Å². The van der Waals surface area contributed by atoms with Gasteiger partial charge in [-0.15, -0.1) is 0 Å². The lowest BCUT2D eigenvalue weighted by Crippen LogP contribution is -2.36. The Kier molecular flexibility index (Phi) is 6.78. The van der Waals surface area contributed by atoms with Crippen molar-refractivity contribution in [1.82, 2.24) is 25.4 Å². The van der Waals surface area contributed by atoms with Gasteiger partial charge in [-0.3, -0.25) is 9.97 Å². The number of rotatable bonds is 8. The molecule has 0 spiro atoms. The first kappa shape index (κ1) is 24.7. The second-order valence-electron chi connectivity index (χ2n) is 9.75. The van der Waals surface area contributed by atoms with Crippen molar-refractivity contribution in [2.75, 3.05) is 19.8 Å². The number of hydrogen-bond donors (Lipinski definition) is 1. The monoisotopic (exact) mass is 502 g/mol. The molecule has 5 rings (SSSR count). The van der Waals surface area contributed by atoms with Crippen molar-refractivity contribution in [3.63, 3.8) is 0 Å². The van der Waals surface area contributed by atoms with E-state index in [0.29, 0.717) is 34.5 Å². The molecule has 1 fully saturated rings. The summed E-state index contributed by atoms with van der Waals surface area (Å²) in [5.41, 5.74) is 3.37. The highest BCUT2D eigenvalue weighted by Crippen LogP contribution is 2.32. The molecule has 37 heavy (non-hydrogen) atoms. The topological polar surface area (TPSA) is 110 Å². The van der Waals surface area contributed by atoms with Crippen molar-refractivity contribution >= 4 is 0 Å². The van der Waals surface area contributed by atoms with Crippen molar-refractivity contribution in [3.8, 4) is 40.0 Å². The van der Waals surface area contributed by atoms with Gasteiger partial charge in [-0.1, -0.05) is 29.4 Å². The second kappa shape index (κ2) is 10.2. The maximum atomic E-state index is 15.3. The van der Waals surface area contributed by atoms with Crippen LogP contribution in [-0.2, 0) is 16.7 Å². The highest BCUT2D eigenvalue weighted by Gasteiger charge is 2.28. The van der Waals surface area contributed by atoms with E-state index in [9.17, 15) is 5.26 Å². The molecule has 1 aromatic carbocycles. The minimum Gasteiger partial charge on any atom is -0.381 e. The molecular weight excluding hydrogens is 471 g/mol. The summed E-state index contributed by atoms with van der Waals surface area (Å²) in [5, 5.41) is 17.1. The van der Waals surface area contributed by atoms with Gasteiger partial charge in [0.25, 0.3) is 0 Å². The molecule has 4 heterocycles. The lowest BCUT2D eigenvalue weighted by Gasteiger charge is -2.26. The van der Waals surface area contributed by atoms with Crippen LogP contribution in [0.5, 0.6) is 0 Å². The molecule has 9 heteroatoms. The molecule has 192 valence electrons. The molecule has 0 saturated carbocycles. The number of hydrogen-bond acceptors (Lipinski definition) is 8. The summed E-state index contributed by atoms with van der Waals surface area (Å²) in [7, 11) is 0. The SMILES string of the molecule is Cc1ncc(-c2ccnc(C(C)(C)C#N)c2F)nc1-c1cc(-c2ccc(CNCC3COC3)cc2)no1.[HH].[HH]. The van der Waals surface area contributed by atoms with Gasteiger partial charge in [0.2, 0.25) is 0 Å². The van der Waals surface area contributed by atoms with Gasteiger partial charge in [0.1, 0.15) is 11.4 Å². The number of aryl methyl sites for hydroxylation is 1. The smallest absolute Gasteiger partial charge is 0.187 e. The molecule has 1 N–H and O–H groups in total. The van der Waals surface area contributed by atoms with E-state index in [-0.39, 0.29) is 14.1 Å². The van der Waals surface area contributed by atoms with Gasteiger partial charge in [-0.2, -0.15) is 5.26 Å². The Morgan fingerprint density at radius 3 is 2.65 bits per heavy atom. The summed E-state index contributed by atoms with van der Waals surface area (Å²) < 4.78 is 26.2. The minimum atomic E-state index is -1.09. The summed E-state index contributed by atoms with van der Waals surface area (Å²) in [6.07, 6.45) is 2.98. The Morgan fingerprint density at radius 2 is 1.95 bits per heavy atom. The van der Waals surface area contributed by atoms with Crippen LogP contribution in [0.1, 0.15) is 33.7 Å². The maximum Gasteiger partial charge on any atom is 0.187 e. The lowest BCUT2D eigenvalue weighted by molar-refractivity contribution is -0.0307. The second-order valence-corrected chi connectivity index (χ2v) is 9.75. The third kappa shape index (κ3) is 5.12. The summed E-state index contributed by atoms with van der Waals surface area (Å²) in [5.74, 6) is 0.453. The zero-order valence-electron chi connectivity index (χ0n) is 21.0. The predicted octanol–water partition coefficient (Wildman–Crippen LogP) is 5.34. The summed E-state index contributed by atoms with van der Waals surface area (Å²) in [4.78, 5) is 13.1. The first-order chi connectivity index (χ1) is 17.9. The highest BCUT2D eigenvalue weighted by molar-refractivity contribution is 5.69. The number of benzene rings is 1. The van der Waals surface area contributed by atoms with Crippen LogP contribution in [0.3, 0.4) is 0 Å². The summed E-state index contributed by atoms with van der Waals surface area (Å²) in [6, 6.07) is 13.6. The van der Waals surface area contributed by atoms with Crippen molar-refractivity contribution < 1.29 is 16.5 Å². The van der Waals surface area contributed by atoms with Crippen LogP contribution in [0.2, 0.25) is 0 Å². The number of nitriles is 1. The molecule has 1 aliphatic rings. The van der Waals surface area contributed by atoms with Crippen molar-refractivity contribution in [1.29, 1.82) is 5.26 Å². The van der Waals surface area contributed by atoms with Crippen LogP contribution in [0.4, 0.5) is 4.39 Å². The Balaban J connectivity index is 0.00000210. The lowest BCUT2D eigenvalue weighted by atomic mass is 9.89. The van der Waals surface area contributed by atoms with Crippen molar-refractivity contribution in [2.24, 2.45) is 5.92 Å². The number of ether oxygens (including phenoxy) is 1. The largest absolute Gasteiger partial charge is 0.381 e. The van der Waals surface area contributed by atoms with E-state index in [4.69, 9.17) is 9.26 Å². The van der Waals surface area contributed by atoms with Crippen molar-refractivity contribution in [2.45, 2.75) is 32.7 Å². The molecule has 0 radical (unpaired) electrons. The zero-order valence-corrected chi connectivity index (χ0v) is 21.0. The zero-order chi connectivity index (χ0) is 26.0. The molecule has 1 saturated heterocycles. The first-order valence-corrected chi connectivity index (χ1v) is 12.1. The number of nitrogens with zero attached hydrogens (tertiary/aromatic N) is 5. The predicted molar refractivity (Wildman–Crippen MR) is 140 cm³/mol. The van der Waals surface area contributed by atoms with E-state index in [0.717, 1.165) is 31.9 Å². The Labute approximate surface area is 217 Å². The van der Waals surface area contributed by atoms with E-state index in [1.54, 1.807) is 26.8 Å². The van der Waals surface area contributed by atoms with Gasteiger partial charge in [0, 0.05) is 45.3 Å². The number of pyridine rings is 1. The molecule has 3 aromatic heterocycles.